The third-order valence-corrected chi connectivity index (χ3v) is 3.07. The van der Waals surface area contributed by atoms with E-state index in [1.54, 1.807) is 19.1 Å². The van der Waals surface area contributed by atoms with Crippen LogP contribution in [0.5, 0.6) is 11.5 Å². The van der Waals surface area contributed by atoms with Crippen molar-refractivity contribution in [3.63, 3.8) is 0 Å². The standard InChI is InChI=1S/C15H16N2O3/c1-10-8-13(4-5-14(10)17(18)19)20-15-6-3-12(9-16)7-11(15)2/h3-8H,9,16H2,1-2H3. The van der Waals surface area contributed by atoms with Crippen molar-refractivity contribution in [1.29, 1.82) is 0 Å². The highest BCUT2D eigenvalue weighted by Crippen LogP contribution is 2.29. The first-order chi connectivity index (χ1) is 9.51. The van der Waals surface area contributed by atoms with Gasteiger partial charge in [-0.3, -0.25) is 10.1 Å². The summed E-state index contributed by atoms with van der Waals surface area (Å²) in [7, 11) is 0. The molecule has 104 valence electrons. The predicted octanol–water partition coefficient (Wildman–Crippen LogP) is 3.46. The summed E-state index contributed by atoms with van der Waals surface area (Å²) in [5.41, 5.74) is 8.26. The summed E-state index contributed by atoms with van der Waals surface area (Å²) < 4.78 is 5.76. The minimum atomic E-state index is -0.402. The van der Waals surface area contributed by atoms with Gasteiger partial charge in [-0.25, -0.2) is 0 Å². The van der Waals surface area contributed by atoms with E-state index in [1.165, 1.54) is 6.07 Å². The molecule has 0 saturated heterocycles. The van der Waals surface area contributed by atoms with Gasteiger partial charge in [0.1, 0.15) is 11.5 Å². The first-order valence-corrected chi connectivity index (χ1v) is 6.23. The van der Waals surface area contributed by atoms with E-state index < -0.39 is 4.92 Å². The van der Waals surface area contributed by atoms with Crippen molar-refractivity contribution < 1.29 is 9.66 Å². The molecule has 0 aliphatic carbocycles. The summed E-state index contributed by atoms with van der Waals surface area (Å²) in [6, 6.07) is 10.4. The molecule has 20 heavy (non-hydrogen) atoms. The third-order valence-electron chi connectivity index (χ3n) is 3.07. The molecule has 2 aromatic rings. The van der Waals surface area contributed by atoms with Crippen molar-refractivity contribution in [2.24, 2.45) is 5.73 Å². The Morgan fingerprint density at radius 1 is 1.15 bits per heavy atom. The maximum Gasteiger partial charge on any atom is 0.272 e. The maximum atomic E-state index is 10.8. The number of nitrogens with two attached hydrogens (primary N) is 1. The number of hydrogen-bond acceptors (Lipinski definition) is 4. The lowest BCUT2D eigenvalue weighted by molar-refractivity contribution is -0.385. The Kier molecular flexibility index (Phi) is 4.00. The highest BCUT2D eigenvalue weighted by Gasteiger charge is 2.11. The van der Waals surface area contributed by atoms with Crippen LogP contribution in [-0.4, -0.2) is 4.92 Å². The highest BCUT2D eigenvalue weighted by atomic mass is 16.6. The molecule has 0 bridgehead atoms. The smallest absolute Gasteiger partial charge is 0.272 e. The minimum Gasteiger partial charge on any atom is -0.457 e. The van der Waals surface area contributed by atoms with Gasteiger partial charge in [0.25, 0.3) is 5.69 Å². The van der Waals surface area contributed by atoms with Crippen LogP contribution in [0.1, 0.15) is 16.7 Å². The average molecular weight is 272 g/mol. The molecule has 0 heterocycles. The van der Waals surface area contributed by atoms with Gasteiger partial charge in [0.05, 0.1) is 4.92 Å². The van der Waals surface area contributed by atoms with Gasteiger partial charge in [-0.1, -0.05) is 12.1 Å². The second kappa shape index (κ2) is 5.71. The van der Waals surface area contributed by atoms with Gasteiger partial charge in [-0.05, 0) is 43.2 Å². The van der Waals surface area contributed by atoms with E-state index in [1.807, 2.05) is 25.1 Å². The Morgan fingerprint density at radius 2 is 1.90 bits per heavy atom. The second-order valence-corrected chi connectivity index (χ2v) is 4.61. The van der Waals surface area contributed by atoms with Crippen LogP contribution in [0.4, 0.5) is 5.69 Å². The van der Waals surface area contributed by atoms with Gasteiger partial charge in [0.15, 0.2) is 0 Å². The molecular weight excluding hydrogens is 256 g/mol. The summed E-state index contributed by atoms with van der Waals surface area (Å²) in [6.07, 6.45) is 0. The molecule has 0 unspecified atom stereocenters. The number of hydrogen-bond donors (Lipinski definition) is 1. The first-order valence-electron chi connectivity index (χ1n) is 6.23. The van der Waals surface area contributed by atoms with E-state index >= 15 is 0 Å². The Labute approximate surface area is 117 Å². The number of nitrogens with zero attached hydrogens (tertiary/aromatic N) is 1. The van der Waals surface area contributed by atoms with Crippen molar-refractivity contribution in [2.45, 2.75) is 20.4 Å². The molecule has 0 amide bonds. The number of nitro benzene ring substituents is 1. The SMILES string of the molecule is Cc1cc(CN)ccc1Oc1ccc([N+](=O)[O-])c(C)c1. The molecule has 0 aliphatic rings. The quantitative estimate of drug-likeness (QED) is 0.682. The molecule has 0 radical (unpaired) electrons. The van der Waals surface area contributed by atoms with Gasteiger partial charge >= 0.3 is 0 Å². The van der Waals surface area contributed by atoms with Crippen LogP contribution in [0, 0.1) is 24.0 Å². The van der Waals surface area contributed by atoms with Gasteiger partial charge in [0, 0.05) is 18.2 Å². The molecule has 0 atom stereocenters. The normalized spacial score (nSPS) is 10.3. The van der Waals surface area contributed by atoms with E-state index in [-0.39, 0.29) is 5.69 Å². The Morgan fingerprint density at radius 3 is 2.45 bits per heavy atom. The summed E-state index contributed by atoms with van der Waals surface area (Å²) in [6.45, 7) is 4.11. The number of benzene rings is 2. The van der Waals surface area contributed by atoms with Crippen molar-refractivity contribution in [3.05, 3.63) is 63.2 Å². The Balaban J connectivity index is 2.26. The molecule has 5 nitrogen and oxygen atoms in total. The van der Waals surface area contributed by atoms with Gasteiger partial charge in [-0.15, -0.1) is 0 Å². The summed E-state index contributed by atoms with van der Waals surface area (Å²) in [5, 5.41) is 10.8. The van der Waals surface area contributed by atoms with Crippen LogP contribution < -0.4 is 10.5 Å². The average Bonchev–Trinajstić information content (AvgIpc) is 2.40. The molecular formula is C15H16N2O3. The molecule has 0 spiro atoms. The maximum absolute atomic E-state index is 10.8. The van der Waals surface area contributed by atoms with E-state index in [0.717, 1.165) is 16.9 Å². The van der Waals surface area contributed by atoms with Crippen LogP contribution in [-0.2, 0) is 6.54 Å². The number of ether oxygens (including phenoxy) is 1. The van der Waals surface area contributed by atoms with Crippen LogP contribution in [0.25, 0.3) is 0 Å². The summed E-state index contributed by atoms with van der Waals surface area (Å²) >= 11 is 0. The Bertz CT molecular complexity index is 654. The number of rotatable bonds is 4. The summed E-state index contributed by atoms with van der Waals surface area (Å²) in [5.74, 6) is 1.30. The van der Waals surface area contributed by atoms with Crippen LogP contribution in [0.2, 0.25) is 0 Å². The highest BCUT2D eigenvalue weighted by molar-refractivity contribution is 5.46. The largest absolute Gasteiger partial charge is 0.457 e. The molecule has 2 rings (SSSR count). The van der Waals surface area contributed by atoms with E-state index in [0.29, 0.717) is 17.9 Å². The monoisotopic (exact) mass is 272 g/mol. The number of nitro groups is 1. The van der Waals surface area contributed by atoms with Crippen LogP contribution in [0.3, 0.4) is 0 Å². The molecule has 0 aromatic heterocycles. The lowest BCUT2D eigenvalue weighted by atomic mass is 10.1. The lowest BCUT2D eigenvalue weighted by Gasteiger charge is -2.10. The topological polar surface area (TPSA) is 78.4 Å². The summed E-state index contributed by atoms with van der Waals surface area (Å²) in [4.78, 5) is 10.4. The van der Waals surface area contributed by atoms with Crippen molar-refractivity contribution in [2.75, 3.05) is 0 Å². The zero-order chi connectivity index (χ0) is 14.7. The van der Waals surface area contributed by atoms with E-state index in [9.17, 15) is 10.1 Å². The van der Waals surface area contributed by atoms with Crippen LogP contribution >= 0.6 is 0 Å². The van der Waals surface area contributed by atoms with Gasteiger partial charge in [-0.2, -0.15) is 0 Å². The minimum absolute atomic E-state index is 0.0903. The second-order valence-electron chi connectivity index (χ2n) is 4.61. The molecule has 0 fully saturated rings. The molecule has 2 N–H and O–H groups in total. The zero-order valence-electron chi connectivity index (χ0n) is 11.4. The third kappa shape index (κ3) is 2.95. The van der Waals surface area contributed by atoms with Gasteiger partial charge in [0.2, 0.25) is 0 Å². The van der Waals surface area contributed by atoms with E-state index in [2.05, 4.69) is 0 Å². The molecule has 2 aromatic carbocycles. The molecule has 0 saturated carbocycles. The molecule has 0 aliphatic heterocycles. The predicted molar refractivity (Wildman–Crippen MR) is 77.0 cm³/mol. The van der Waals surface area contributed by atoms with Crippen LogP contribution in [0.15, 0.2) is 36.4 Å². The van der Waals surface area contributed by atoms with Crippen molar-refractivity contribution in [3.8, 4) is 11.5 Å². The van der Waals surface area contributed by atoms with Gasteiger partial charge < -0.3 is 10.5 Å². The van der Waals surface area contributed by atoms with Crippen molar-refractivity contribution >= 4 is 5.69 Å². The fourth-order valence-electron chi connectivity index (χ4n) is 1.98. The molecule has 5 heteroatoms. The first kappa shape index (κ1) is 14.0. The zero-order valence-corrected chi connectivity index (χ0v) is 11.4. The lowest BCUT2D eigenvalue weighted by Crippen LogP contribution is -1.97. The fourth-order valence-corrected chi connectivity index (χ4v) is 1.98. The van der Waals surface area contributed by atoms with E-state index in [4.69, 9.17) is 10.5 Å². The fraction of sp³-hybridized carbons (Fsp3) is 0.200. The Hall–Kier alpha value is -2.40. The van der Waals surface area contributed by atoms with Crippen molar-refractivity contribution in [1.82, 2.24) is 0 Å². The number of aryl methyl sites for hydroxylation is 2.